The number of fused-ring (bicyclic) bond motifs is 2. The van der Waals surface area contributed by atoms with Crippen molar-refractivity contribution in [3.63, 3.8) is 0 Å². The van der Waals surface area contributed by atoms with E-state index < -0.39 is 0 Å². The molecule has 5 aromatic rings. The number of imidazole rings is 1. The Hall–Kier alpha value is -3.85. The van der Waals surface area contributed by atoms with Gasteiger partial charge in [-0.1, -0.05) is 6.07 Å². The number of hydrogen-bond donors (Lipinski definition) is 1. The van der Waals surface area contributed by atoms with Gasteiger partial charge < -0.3 is 15.2 Å². The number of nitrogen functional groups attached to an aromatic ring is 1. The van der Waals surface area contributed by atoms with Crippen LogP contribution in [0, 0.1) is 5.82 Å². The van der Waals surface area contributed by atoms with Crippen LogP contribution in [0.5, 0.6) is 0 Å². The summed E-state index contributed by atoms with van der Waals surface area (Å²) in [6.07, 6.45) is 4.86. The summed E-state index contributed by atoms with van der Waals surface area (Å²) in [5.41, 5.74) is 12.0. The van der Waals surface area contributed by atoms with Crippen LogP contribution >= 0.6 is 0 Å². The van der Waals surface area contributed by atoms with Crippen molar-refractivity contribution in [3.05, 3.63) is 60.4 Å². The van der Waals surface area contributed by atoms with Crippen molar-refractivity contribution in [1.82, 2.24) is 34.0 Å². The van der Waals surface area contributed by atoms with E-state index in [2.05, 4.69) is 23.0 Å². The highest BCUT2D eigenvalue weighted by molar-refractivity contribution is 5.94. The highest BCUT2D eigenvalue weighted by atomic mass is 19.1. The molecule has 0 radical (unpaired) electrons. The highest BCUT2D eigenvalue weighted by Crippen LogP contribution is 2.36. The topological polar surface area (TPSA) is 90.2 Å². The molecule has 172 valence electrons. The van der Waals surface area contributed by atoms with Gasteiger partial charge in [-0.3, -0.25) is 0 Å². The summed E-state index contributed by atoms with van der Waals surface area (Å²) in [4.78, 5) is 16.5. The Labute approximate surface area is 195 Å². The van der Waals surface area contributed by atoms with Gasteiger partial charge in [0, 0.05) is 25.1 Å². The van der Waals surface area contributed by atoms with E-state index in [4.69, 9.17) is 20.8 Å². The number of likely N-dealkylation sites (tertiary alicyclic amines) is 1. The maximum atomic E-state index is 13.7. The molecule has 2 aromatic carbocycles. The average molecular weight is 457 g/mol. The highest BCUT2D eigenvalue weighted by Gasteiger charge is 2.25. The zero-order valence-electron chi connectivity index (χ0n) is 19.1. The van der Waals surface area contributed by atoms with Crippen LogP contribution in [-0.2, 0) is 13.5 Å². The van der Waals surface area contributed by atoms with Gasteiger partial charge in [0.1, 0.15) is 5.82 Å². The second kappa shape index (κ2) is 7.88. The lowest BCUT2D eigenvalue weighted by Gasteiger charge is -2.17. The minimum absolute atomic E-state index is 0.248. The third-order valence-electron chi connectivity index (χ3n) is 6.78. The van der Waals surface area contributed by atoms with Crippen LogP contribution in [-0.4, -0.2) is 53.7 Å². The number of nitrogens with two attached hydrogens (primary N) is 1. The van der Waals surface area contributed by atoms with E-state index in [0.29, 0.717) is 17.4 Å². The zero-order valence-corrected chi connectivity index (χ0v) is 19.1. The molecule has 0 saturated carbocycles. The molecule has 34 heavy (non-hydrogen) atoms. The largest absolute Gasteiger partial charge is 0.368 e. The molecule has 0 bridgehead atoms. The predicted molar refractivity (Wildman–Crippen MR) is 130 cm³/mol. The molecule has 2 N–H and O–H groups in total. The van der Waals surface area contributed by atoms with Crippen LogP contribution in [0.4, 0.5) is 10.3 Å². The molecular formula is C25H25FN8. The van der Waals surface area contributed by atoms with Crippen molar-refractivity contribution in [3.8, 4) is 22.4 Å². The average Bonchev–Trinajstić information content (AvgIpc) is 3.54. The Kier molecular flexibility index (Phi) is 4.80. The minimum Gasteiger partial charge on any atom is -0.368 e. The predicted octanol–water partition coefficient (Wildman–Crippen LogP) is 3.70. The quantitative estimate of drug-likeness (QED) is 0.444. The number of rotatable bonds is 4. The van der Waals surface area contributed by atoms with E-state index in [1.165, 1.54) is 18.6 Å². The maximum Gasteiger partial charge on any atom is 0.223 e. The van der Waals surface area contributed by atoms with Crippen LogP contribution in [0.15, 0.2) is 48.8 Å². The van der Waals surface area contributed by atoms with E-state index in [1.807, 2.05) is 23.7 Å². The molecule has 6 rings (SSSR count). The summed E-state index contributed by atoms with van der Waals surface area (Å²) in [5.74, 6) is 0.686. The summed E-state index contributed by atoms with van der Waals surface area (Å²) in [7, 11) is 4.11. The number of hydrogen-bond acceptors (Lipinski definition) is 6. The first kappa shape index (κ1) is 20.7. The first-order chi connectivity index (χ1) is 16.5. The van der Waals surface area contributed by atoms with Gasteiger partial charge in [-0.2, -0.15) is 4.52 Å². The number of likely N-dealkylation sites (N-methyl/N-ethyl adjacent to an activating group) is 1. The van der Waals surface area contributed by atoms with Crippen molar-refractivity contribution in [2.45, 2.75) is 25.3 Å². The molecule has 0 amide bonds. The molecule has 4 heterocycles. The van der Waals surface area contributed by atoms with Crippen molar-refractivity contribution in [2.24, 2.45) is 7.05 Å². The van der Waals surface area contributed by atoms with Gasteiger partial charge >= 0.3 is 0 Å². The summed E-state index contributed by atoms with van der Waals surface area (Å²) in [6.45, 7) is 1.09. The molecule has 1 fully saturated rings. The Balaban J connectivity index is 1.59. The Morgan fingerprint density at radius 3 is 2.62 bits per heavy atom. The first-order valence-electron chi connectivity index (χ1n) is 11.4. The molecule has 0 aliphatic carbocycles. The number of benzene rings is 2. The standard InChI is InChI=1S/C25H25FN8/c1-32-11-3-4-18(32)13-21-29-24-22(16-7-10-19-20(12-16)33(2)14-28-19)23(30-25(27)34(24)31-21)15-5-8-17(26)9-6-15/h5-10,12,14,18H,3-4,11,13H2,1-2H3,(H2,27,30)/t18-/m0/s1. The Morgan fingerprint density at radius 1 is 1.06 bits per heavy atom. The number of nitrogens with zero attached hydrogens (tertiary/aromatic N) is 7. The minimum atomic E-state index is -0.305. The van der Waals surface area contributed by atoms with Crippen LogP contribution in [0.1, 0.15) is 18.7 Å². The van der Waals surface area contributed by atoms with Crippen LogP contribution in [0.3, 0.4) is 0 Å². The fourth-order valence-electron chi connectivity index (χ4n) is 4.90. The fraction of sp³-hybridized carbons (Fsp3) is 0.280. The fourth-order valence-corrected chi connectivity index (χ4v) is 4.90. The third-order valence-corrected chi connectivity index (χ3v) is 6.78. The molecule has 1 aliphatic rings. The van der Waals surface area contributed by atoms with Gasteiger partial charge in [-0.05, 0) is 68.4 Å². The Bertz CT molecular complexity index is 1520. The van der Waals surface area contributed by atoms with Gasteiger partial charge in [0.15, 0.2) is 11.5 Å². The van der Waals surface area contributed by atoms with E-state index in [-0.39, 0.29) is 11.8 Å². The van der Waals surface area contributed by atoms with Crippen LogP contribution < -0.4 is 5.73 Å². The van der Waals surface area contributed by atoms with Gasteiger partial charge in [0.05, 0.1) is 28.6 Å². The maximum absolute atomic E-state index is 13.7. The lowest BCUT2D eigenvalue weighted by atomic mass is 9.99. The number of aryl methyl sites for hydroxylation is 1. The lowest BCUT2D eigenvalue weighted by molar-refractivity contribution is 0.306. The van der Waals surface area contributed by atoms with Crippen molar-refractivity contribution in [1.29, 1.82) is 0 Å². The molecule has 1 saturated heterocycles. The van der Waals surface area contributed by atoms with Gasteiger partial charge in [-0.15, -0.1) is 5.10 Å². The zero-order chi connectivity index (χ0) is 23.4. The lowest BCUT2D eigenvalue weighted by Crippen LogP contribution is -2.27. The second-order valence-electron chi connectivity index (χ2n) is 9.00. The first-order valence-corrected chi connectivity index (χ1v) is 11.4. The van der Waals surface area contributed by atoms with E-state index >= 15 is 0 Å². The normalized spacial score (nSPS) is 16.7. The number of aromatic nitrogens is 6. The Morgan fingerprint density at radius 2 is 1.85 bits per heavy atom. The number of anilines is 1. The molecule has 1 aliphatic heterocycles. The smallest absolute Gasteiger partial charge is 0.223 e. The molecule has 9 heteroatoms. The molecule has 0 unspecified atom stereocenters. The monoisotopic (exact) mass is 456 g/mol. The third kappa shape index (κ3) is 3.40. The molecule has 8 nitrogen and oxygen atoms in total. The summed E-state index contributed by atoms with van der Waals surface area (Å²) in [5, 5.41) is 4.73. The van der Waals surface area contributed by atoms with E-state index in [1.54, 1.807) is 23.0 Å². The van der Waals surface area contributed by atoms with Crippen molar-refractivity contribution < 1.29 is 4.39 Å². The van der Waals surface area contributed by atoms with Gasteiger partial charge in [-0.25, -0.2) is 19.3 Å². The van der Waals surface area contributed by atoms with Crippen LogP contribution in [0.25, 0.3) is 39.1 Å². The van der Waals surface area contributed by atoms with Crippen LogP contribution in [0.2, 0.25) is 0 Å². The SMILES string of the molecule is CN1CCC[C@H]1Cc1nc2c(-c3ccc4ncn(C)c4c3)c(-c3ccc(F)cc3)nc(N)n2n1. The molecule has 0 spiro atoms. The van der Waals surface area contributed by atoms with Gasteiger partial charge in [0.2, 0.25) is 5.95 Å². The molecular weight excluding hydrogens is 431 g/mol. The summed E-state index contributed by atoms with van der Waals surface area (Å²) >= 11 is 0. The second-order valence-corrected chi connectivity index (χ2v) is 9.00. The number of halogens is 1. The van der Waals surface area contributed by atoms with E-state index in [9.17, 15) is 4.39 Å². The van der Waals surface area contributed by atoms with Crippen molar-refractivity contribution in [2.75, 3.05) is 19.3 Å². The van der Waals surface area contributed by atoms with Crippen molar-refractivity contribution >= 4 is 22.6 Å². The van der Waals surface area contributed by atoms with Gasteiger partial charge in [0.25, 0.3) is 0 Å². The van der Waals surface area contributed by atoms with E-state index in [0.717, 1.165) is 52.9 Å². The molecule has 1 atom stereocenters. The summed E-state index contributed by atoms with van der Waals surface area (Å²) < 4.78 is 17.3. The summed E-state index contributed by atoms with van der Waals surface area (Å²) in [6, 6.07) is 12.8. The molecule has 3 aromatic heterocycles.